The van der Waals surface area contributed by atoms with E-state index in [0.717, 1.165) is 50.1 Å². The third-order valence-electron chi connectivity index (χ3n) is 12.7. The quantitative estimate of drug-likeness (QED) is 0.176. The van der Waals surface area contributed by atoms with Gasteiger partial charge in [-0.3, -0.25) is 0 Å². The lowest BCUT2D eigenvalue weighted by molar-refractivity contribution is 0.660. The van der Waals surface area contributed by atoms with Crippen LogP contribution in [-0.2, 0) is 10.8 Å². The van der Waals surface area contributed by atoms with Gasteiger partial charge >= 0.3 is 0 Å². The zero-order valence-corrected chi connectivity index (χ0v) is 32.1. The average molecular weight is 720 g/mol. The molecule has 0 spiro atoms. The van der Waals surface area contributed by atoms with Gasteiger partial charge in [0.25, 0.3) is 0 Å². The molecule has 2 aliphatic carbocycles. The van der Waals surface area contributed by atoms with E-state index in [1.165, 1.54) is 55.6 Å². The van der Waals surface area contributed by atoms with Crippen molar-refractivity contribution in [3.8, 4) is 44.5 Å². The predicted octanol–water partition coefficient (Wildman–Crippen LogP) is 15.0. The highest BCUT2D eigenvalue weighted by atomic mass is 16.3. The lowest BCUT2D eigenvalue weighted by Crippen LogP contribution is -2.16. The van der Waals surface area contributed by atoms with Crippen LogP contribution in [0, 0.1) is 0 Å². The second-order valence-corrected chi connectivity index (χ2v) is 16.5. The van der Waals surface area contributed by atoms with E-state index in [1.807, 2.05) is 6.07 Å². The summed E-state index contributed by atoms with van der Waals surface area (Å²) in [5, 5.41) is 2.25. The van der Waals surface area contributed by atoms with Gasteiger partial charge in [0, 0.05) is 44.0 Å². The van der Waals surface area contributed by atoms with Gasteiger partial charge < -0.3 is 9.32 Å². The maximum atomic E-state index is 6.68. The van der Waals surface area contributed by atoms with E-state index in [2.05, 4.69) is 202 Å². The maximum absolute atomic E-state index is 6.68. The monoisotopic (exact) mass is 719 g/mol. The third-order valence-corrected chi connectivity index (χ3v) is 12.7. The van der Waals surface area contributed by atoms with Gasteiger partial charge in [-0.15, -0.1) is 0 Å². The number of anilines is 3. The smallest absolute Gasteiger partial charge is 0.143 e. The van der Waals surface area contributed by atoms with Crippen molar-refractivity contribution in [2.45, 2.75) is 38.5 Å². The van der Waals surface area contributed by atoms with Crippen LogP contribution in [0.25, 0.3) is 66.4 Å². The zero-order valence-electron chi connectivity index (χ0n) is 32.1. The maximum Gasteiger partial charge on any atom is 0.143 e. The topological polar surface area (TPSA) is 16.4 Å². The summed E-state index contributed by atoms with van der Waals surface area (Å²) in [5.41, 5.74) is 20.3. The first-order chi connectivity index (χ1) is 27.3. The molecule has 2 nitrogen and oxygen atoms in total. The molecule has 268 valence electrons. The highest BCUT2D eigenvalue weighted by molar-refractivity contribution is 6.11. The van der Waals surface area contributed by atoms with Gasteiger partial charge in [0.15, 0.2) is 0 Å². The van der Waals surface area contributed by atoms with E-state index in [1.54, 1.807) is 0 Å². The summed E-state index contributed by atoms with van der Waals surface area (Å²) in [5.74, 6) is 0. The number of para-hydroxylation sites is 3. The Morgan fingerprint density at radius 2 is 0.911 bits per heavy atom. The second kappa shape index (κ2) is 11.9. The van der Waals surface area contributed by atoms with Gasteiger partial charge in [-0.2, -0.15) is 0 Å². The molecule has 11 rings (SSSR count). The molecule has 1 heterocycles. The van der Waals surface area contributed by atoms with Crippen molar-refractivity contribution in [1.29, 1.82) is 0 Å². The number of nitrogens with zero attached hydrogens (tertiary/aromatic N) is 1. The first-order valence-corrected chi connectivity index (χ1v) is 19.7. The summed E-state index contributed by atoms with van der Waals surface area (Å²) in [6, 6.07) is 64.5. The summed E-state index contributed by atoms with van der Waals surface area (Å²) in [6.45, 7) is 9.43. The Kier molecular flexibility index (Phi) is 6.98. The molecule has 0 saturated heterocycles. The van der Waals surface area contributed by atoms with E-state index >= 15 is 0 Å². The minimum atomic E-state index is -0.139. The van der Waals surface area contributed by atoms with E-state index in [9.17, 15) is 0 Å². The summed E-state index contributed by atoms with van der Waals surface area (Å²) in [7, 11) is 0. The Hall–Kier alpha value is -6.64. The molecule has 0 aliphatic heterocycles. The van der Waals surface area contributed by atoms with Crippen molar-refractivity contribution in [3.05, 3.63) is 198 Å². The molecule has 0 radical (unpaired) electrons. The van der Waals surface area contributed by atoms with Crippen LogP contribution in [0.2, 0.25) is 0 Å². The fourth-order valence-electron chi connectivity index (χ4n) is 9.99. The molecule has 0 saturated carbocycles. The van der Waals surface area contributed by atoms with Crippen LogP contribution in [0.4, 0.5) is 17.1 Å². The van der Waals surface area contributed by atoms with Crippen molar-refractivity contribution in [3.63, 3.8) is 0 Å². The van der Waals surface area contributed by atoms with Gasteiger partial charge in [0.2, 0.25) is 0 Å². The molecular weight excluding hydrogens is 679 g/mol. The van der Waals surface area contributed by atoms with Gasteiger partial charge in [0.1, 0.15) is 11.2 Å². The molecule has 2 aliphatic rings. The predicted molar refractivity (Wildman–Crippen MR) is 234 cm³/mol. The van der Waals surface area contributed by atoms with Crippen LogP contribution in [0.5, 0.6) is 0 Å². The highest BCUT2D eigenvalue weighted by Crippen LogP contribution is 2.56. The third kappa shape index (κ3) is 4.56. The number of benzene rings is 8. The first-order valence-electron chi connectivity index (χ1n) is 19.7. The Balaban J connectivity index is 1.18. The highest BCUT2D eigenvalue weighted by Gasteiger charge is 2.39. The number of hydrogen-bond donors (Lipinski definition) is 0. The lowest BCUT2D eigenvalue weighted by atomic mass is 9.82. The van der Waals surface area contributed by atoms with Crippen molar-refractivity contribution in [2.75, 3.05) is 4.90 Å². The average Bonchev–Trinajstić information content (AvgIpc) is 3.82. The van der Waals surface area contributed by atoms with Crippen molar-refractivity contribution < 1.29 is 4.42 Å². The van der Waals surface area contributed by atoms with Gasteiger partial charge in [-0.1, -0.05) is 173 Å². The van der Waals surface area contributed by atoms with Crippen LogP contribution >= 0.6 is 0 Å². The molecular formula is C54H41NO. The standard InChI is InChI=1S/C54H41NO/c1-53(2)43-26-9-5-21-41(43)50-36(23-15-28-45(50)53)34-17-13-18-35(33-34)55(48-31-16-29-46-51(48)42-22-6-10-27-44(42)54(46,3)4)47-30-11-7-19-37(47)39-24-14-25-40-38-20-8-12-32-49(38)56-52(39)40/h5-33H,1-4H3. The molecule has 1 aromatic heterocycles. The fourth-order valence-corrected chi connectivity index (χ4v) is 9.99. The largest absolute Gasteiger partial charge is 0.455 e. The van der Waals surface area contributed by atoms with Crippen molar-refractivity contribution in [2.24, 2.45) is 0 Å². The number of hydrogen-bond acceptors (Lipinski definition) is 2. The molecule has 0 unspecified atom stereocenters. The molecule has 0 bridgehead atoms. The summed E-state index contributed by atoms with van der Waals surface area (Å²) < 4.78 is 6.68. The molecule has 0 N–H and O–H groups in total. The zero-order chi connectivity index (χ0) is 37.8. The lowest BCUT2D eigenvalue weighted by Gasteiger charge is -2.31. The molecule has 56 heavy (non-hydrogen) atoms. The molecule has 0 atom stereocenters. The molecule has 9 aromatic rings. The molecule has 2 heteroatoms. The van der Waals surface area contributed by atoms with Crippen LogP contribution in [0.3, 0.4) is 0 Å². The SMILES string of the molecule is CC1(C)c2ccccc2-c2c(-c3cccc(N(c4ccccc4-c4cccc5c4oc4ccccc45)c4cccc5c4-c4ccccc4C5(C)C)c3)cccc21. The molecule has 8 aromatic carbocycles. The van der Waals surface area contributed by atoms with E-state index in [4.69, 9.17) is 4.42 Å². The first kappa shape index (κ1) is 32.8. The Bertz CT molecular complexity index is 3050. The summed E-state index contributed by atoms with van der Waals surface area (Å²) in [6.07, 6.45) is 0. The van der Waals surface area contributed by atoms with E-state index in [-0.39, 0.29) is 10.8 Å². The van der Waals surface area contributed by atoms with Crippen LogP contribution in [0.1, 0.15) is 49.9 Å². The van der Waals surface area contributed by atoms with Crippen molar-refractivity contribution in [1.82, 2.24) is 0 Å². The number of furan rings is 1. The van der Waals surface area contributed by atoms with Crippen LogP contribution < -0.4 is 4.90 Å². The Labute approximate surface area is 328 Å². The van der Waals surface area contributed by atoms with E-state index in [0.29, 0.717) is 0 Å². The van der Waals surface area contributed by atoms with Gasteiger partial charge in [0.05, 0.1) is 11.4 Å². The summed E-state index contributed by atoms with van der Waals surface area (Å²) >= 11 is 0. The van der Waals surface area contributed by atoms with Crippen LogP contribution in [0.15, 0.2) is 180 Å². The minimum absolute atomic E-state index is 0.0764. The van der Waals surface area contributed by atoms with Crippen LogP contribution in [-0.4, -0.2) is 0 Å². The van der Waals surface area contributed by atoms with Crippen molar-refractivity contribution >= 4 is 39.0 Å². The molecule has 0 amide bonds. The number of fused-ring (bicyclic) bond motifs is 9. The fraction of sp³-hybridized carbons (Fsp3) is 0.111. The van der Waals surface area contributed by atoms with Gasteiger partial charge in [-0.05, 0) is 80.4 Å². The normalized spacial score (nSPS) is 14.4. The summed E-state index contributed by atoms with van der Waals surface area (Å²) in [4.78, 5) is 2.50. The number of rotatable bonds is 5. The van der Waals surface area contributed by atoms with E-state index < -0.39 is 0 Å². The van der Waals surface area contributed by atoms with Gasteiger partial charge in [-0.25, -0.2) is 0 Å². The molecule has 0 fully saturated rings. The second-order valence-electron chi connectivity index (χ2n) is 16.5. The minimum Gasteiger partial charge on any atom is -0.455 e. The Morgan fingerprint density at radius 1 is 0.393 bits per heavy atom. The Morgan fingerprint density at radius 3 is 1.70 bits per heavy atom.